The number of nitrogen functional groups attached to an aromatic ring is 1. The Balaban J connectivity index is 2.36. The molecule has 98 valence electrons. The molecule has 4 heteroatoms. The van der Waals surface area contributed by atoms with Crippen LogP contribution < -0.4 is 11.1 Å². The highest BCUT2D eigenvalue weighted by Gasteiger charge is 2.08. The van der Waals surface area contributed by atoms with Crippen LogP contribution in [0.3, 0.4) is 0 Å². The average Bonchev–Trinajstić information content (AvgIpc) is 2.35. The Kier molecular flexibility index (Phi) is 3.42. The fraction of sp³-hybridized carbons (Fsp3) is 0.133. The zero-order chi connectivity index (χ0) is 14.0. The summed E-state index contributed by atoms with van der Waals surface area (Å²) in [4.78, 5) is 10.9. The number of nitrogens with two attached hydrogens (primary N) is 1. The van der Waals surface area contributed by atoms with Crippen molar-refractivity contribution in [1.29, 1.82) is 0 Å². The quantitative estimate of drug-likeness (QED) is 0.736. The summed E-state index contributed by atoms with van der Waals surface area (Å²) in [6.45, 7) is 4.02. The lowest BCUT2D eigenvalue weighted by atomic mass is 10.1. The Morgan fingerprint density at radius 1 is 1.16 bits per heavy atom. The molecule has 0 heterocycles. The third-order valence-electron chi connectivity index (χ3n) is 3.04. The number of benzene rings is 2. The van der Waals surface area contributed by atoms with Gasteiger partial charge in [-0.3, -0.25) is 0 Å². The van der Waals surface area contributed by atoms with Crippen molar-refractivity contribution in [1.82, 2.24) is 0 Å². The van der Waals surface area contributed by atoms with Crippen molar-refractivity contribution in [2.24, 2.45) is 0 Å². The van der Waals surface area contributed by atoms with Gasteiger partial charge in [-0.15, -0.1) is 0 Å². The summed E-state index contributed by atoms with van der Waals surface area (Å²) >= 11 is 0. The number of aryl methyl sites for hydroxylation is 2. The van der Waals surface area contributed by atoms with Gasteiger partial charge in [0, 0.05) is 5.69 Å². The fourth-order valence-corrected chi connectivity index (χ4v) is 1.96. The predicted octanol–water partition coefficient (Wildman–Crippen LogP) is 3.33. The van der Waals surface area contributed by atoms with Crippen LogP contribution in [0.15, 0.2) is 36.4 Å². The molecule has 0 spiro atoms. The van der Waals surface area contributed by atoms with E-state index in [1.165, 1.54) is 12.1 Å². The smallest absolute Gasteiger partial charge is 0.335 e. The third-order valence-corrected chi connectivity index (χ3v) is 3.04. The monoisotopic (exact) mass is 256 g/mol. The molecule has 0 aliphatic heterocycles. The highest BCUT2D eigenvalue weighted by Crippen LogP contribution is 2.28. The second-order valence-corrected chi connectivity index (χ2v) is 4.50. The molecule has 2 aromatic carbocycles. The van der Waals surface area contributed by atoms with E-state index in [2.05, 4.69) is 5.32 Å². The average molecular weight is 256 g/mol. The lowest BCUT2D eigenvalue weighted by Crippen LogP contribution is -2.02. The van der Waals surface area contributed by atoms with E-state index in [9.17, 15) is 4.79 Å². The molecule has 0 bridgehead atoms. The molecule has 4 N–H and O–H groups in total. The Labute approximate surface area is 111 Å². The minimum Gasteiger partial charge on any atom is -0.478 e. The van der Waals surface area contributed by atoms with E-state index in [1.807, 2.05) is 32.0 Å². The van der Waals surface area contributed by atoms with E-state index in [4.69, 9.17) is 10.8 Å². The molecular weight excluding hydrogens is 240 g/mol. The standard InChI is InChI=1S/C15H16N2O2/c1-9-4-3-5-10(2)14(9)17-13-7-6-11(15(18)19)8-12(13)16/h3-8,17H,16H2,1-2H3,(H,18,19). The van der Waals surface area contributed by atoms with Gasteiger partial charge >= 0.3 is 5.97 Å². The number of para-hydroxylation sites is 1. The molecule has 0 saturated heterocycles. The fourth-order valence-electron chi connectivity index (χ4n) is 1.96. The second kappa shape index (κ2) is 5.02. The first-order chi connectivity index (χ1) is 8.99. The predicted molar refractivity (Wildman–Crippen MR) is 77.0 cm³/mol. The minimum atomic E-state index is -0.981. The van der Waals surface area contributed by atoms with Crippen LogP contribution in [-0.2, 0) is 0 Å². The van der Waals surface area contributed by atoms with E-state index in [-0.39, 0.29) is 5.56 Å². The summed E-state index contributed by atoms with van der Waals surface area (Å²) in [6.07, 6.45) is 0. The van der Waals surface area contributed by atoms with E-state index < -0.39 is 5.97 Å². The summed E-state index contributed by atoms with van der Waals surface area (Å²) < 4.78 is 0. The van der Waals surface area contributed by atoms with Crippen LogP contribution in [0.25, 0.3) is 0 Å². The molecule has 0 unspecified atom stereocenters. The molecule has 4 nitrogen and oxygen atoms in total. The van der Waals surface area contributed by atoms with Crippen molar-refractivity contribution >= 4 is 23.0 Å². The maximum atomic E-state index is 10.9. The van der Waals surface area contributed by atoms with Gasteiger partial charge in [-0.1, -0.05) is 18.2 Å². The van der Waals surface area contributed by atoms with Crippen molar-refractivity contribution in [2.45, 2.75) is 13.8 Å². The number of aromatic carboxylic acids is 1. The number of rotatable bonds is 3. The number of nitrogens with one attached hydrogen (secondary N) is 1. The molecule has 0 aliphatic carbocycles. The molecule has 19 heavy (non-hydrogen) atoms. The van der Waals surface area contributed by atoms with Crippen molar-refractivity contribution in [3.05, 3.63) is 53.1 Å². The largest absolute Gasteiger partial charge is 0.478 e. The third kappa shape index (κ3) is 2.68. The number of carbonyl (C=O) groups is 1. The van der Waals surface area contributed by atoms with Gasteiger partial charge < -0.3 is 16.2 Å². The van der Waals surface area contributed by atoms with Crippen LogP contribution in [0.2, 0.25) is 0 Å². The zero-order valence-electron chi connectivity index (χ0n) is 10.9. The Hall–Kier alpha value is -2.49. The summed E-state index contributed by atoms with van der Waals surface area (Å²) in [5.41, 5.74) is 10.4. The molecule has 0 amide bonds. The summed E-state index contributed by atoms with van der Waals surface area (Å²) in [6, 6.07) is 10.7. The molecule has 0 fully saturated rings. The van der Waals surface area contributed by atoms with Crippen molar-refractivity contribution in [2.75, 3.05) is 11.1 Å². The Bertz CT molecular complexity index is 616. The maximum absolute atomic E-state index is 10.9. The summed E-state index contributed by atoms with van der Waals surface area (Å²) in [5.74, 6) is -0.981. The van der Waals surface area contributed by atoms with Crippen molar-refractivity contribution in [3.63, 3.8) is 0 Å². The normalized spacial score (nSPS) is 10.2. The lowest BCUT2D eigenvalue weighted by molar-refractivity contribution is 0.0697. The minimum absolute atomic E-state index is 0.185. The molecule has 0 aliphatic rings. The van der Waals surface area contributed by atoms with Crippen molar-refractivity contribution < 1.29 is 9.90 Å². The van der Waals surface area contributed by atoms with Crippen LogP contribution >= 0.6 is 0 Å². The summed E-state index contributed by atoms with van der Waals surface area (Å²) in [7, 11) is 0. The van der Waals surface area contributed by atoms with E-state index in [1.54, 1.807) is 6.07 Å². The number of hydrogen-bond donors (Lipinski definition) is 3. The Morgan fingerprint density at radius 2 is 1.79 bits per heavy atom. The summed E-state index contributed by atoms with van der Waals surface area (Å²) in [5, 5.41) is 12.2. The van der Waals surface area contributed by atoms with E-state index in [0.717, 1.165) is 16.8 Å². The second-order valence-electron chi connectivity index (χ2n) is 4.50. The van der Waals surface area contributed by atoms with Crippen LogP contribution in [0.1, 0.15) is 21.5 Å². The van der Waals surface area contributed by atoms with E-state index in [0.29, 0.717) is 11.4 Å². The van der Waals surface area contributed by atoms with Gasteiger partial charge in [0.2, 0.25) is 0 Å². The Morgan fingerprint density at radius 3 is 2.32 bits per heavy atom. The van der Waals surface area contributed by atoms with E-state index >= 15 is 0 Å². The molecular formula is C15H16N2O2. The van der Waals surface area contributed by atoms with Gasteiger partial charge in [0.05, 0.1) is 16.9 Å². The first-order valence-corrected chi connectivity index (χ1v) is 5.95. The number of anilines is 3. The molecule has 0 saturated carbocycles. The van der Waals surface area contributed by atoms with Crippen LogP contribution in [0.5, 0.6) is 0 Å². The highest BCUT2D eigenvalue weighted by molar-refractivity contribution is 5.91. The van der Waals surface area contributed by atoms with Gasteiger partial charge in [0.15, 0.2) is 0 Å². The van der Waals surface area contributed by atoms with Crippen LogP contribution in [0, 0.1) is 13.8 Å². The molecule has 0 radical (unpaired) electrons. The number of carboxylic acids is 1. The first-order valence-electron chi connectivity index (χ1n) is 5.95. The molecule has 2 rings (SSSR count). The van der Waals surface area contributed by atoms with Gasteiger partial charge in [0.25, 0.3) is 0 Å². The van der Waals surface area contributed by atoms with Gasteiger partial charge in [-0.25, -0.2) is 4.79 Å². The number of hydrogen-bond acceptors (Lipinski definition) is 3. The molecule has 2 aromatic rings. The van der Waals surface area contributed by atoms with Crippen LogP contribution in [0.4, 0.5) is 17.1 Å². The van der Waals surface area contributed by atoms with Crippen molar-refractivity contribution in [3.8, 4) is 0 Å². The van der Waals surface area contributed by atoms with Gasteiger partial charge in [-0.2, -0.15) is 0 Å². The van der Waals surface area contributed by atoms with Gasteiger partial charge in [0.1, 0.15) is 0 Å². The number of carboxylic acid groups (broad SMARTS) is 1. The first kappa shape index (κ1) is 13.0. The van der Waals surface area contributed by atoms with Gasteiger partial charge in [-0.05, 0) is 43.2 Å². The lowest BCUT2D eigenvalue weighted by Gasteiger charge is -2.14. The molecule has 0 atom stereocenters. The topological polar surface area (TPSA) is 75.3 Å². The van der Waals surface area contributed by atoms with Crippen LogP contribution in [-0.4, -0.2) is 11.1 Å². The highest BCUT2D eigenvalue weighted by atomic mass is 16.4. The maximum Gasteiger partial charge on any atom is 0.335 e. The SMILES string of the molecule is Cc1cccc(C)c1Nc1ccc(C(=O)O)cc1N. The molecule has 0 aromatic heterocycles. The zero-order valence-corrected chi connectivity index (χ0v) is 10.9.